The molecule has 15 heavy (non-hydrogen) atoms. The van der Waals surface area contributed by atoms with E-state index in [2.05, 4.69) is 0 Å². The van der Waals surface area contributed by atoms with Crippen LogP contribution in [0, 0.1) is 5.92 Å². The lowest BCUT2D eigenvalue weighted by molar-refractivity contribution is -0.138. The van der Waals surface area contributed by atoms with Crippen molar-refractivity contribution in [2.24, 2.45) is 11.7 Å². The summed E-state index contributed by atoms with van der Waals surface area (Å²) in [5.41, 5.74) is 5.60. The average molecular weight is 224 g/mol. The van der Waals surface area contributed by atoms with E-state index in [9.17, 15) is 13.2 Å². The first-order valence-corrected chi connectivity index (χ1v) is 5.41. The van der Waals surface area contributed by atoms with Crippen molar-refractivity contribution in [3.8, 4) is 0 Å². The molecule has 0 bridgehead atoms. The van der Waals surface area contributed by atoms with Gasteiger partial charge in [0.2, 0.25) is 0 Å². The standard InChI is InChI=1S/C10H19F3N2/c1-15(6-5-10(11,12)13)9-4-2-3-8(9)7-14/h8-9H,2-7,14H2,1H3. The fourth-order valence-electron chi connectivity index (χ4n) is 2.34. The largest absolute Gasteiger partial charge is 0.390 e. The molecular weight excluding hydrogens is 205 g/mol. The Hall–Kier alpha value is -0.290. The Morgan fingerprint density at radius 2 is 2.00 bits per heavy atom. The summed E-state index contributed by atoms with van der Waals surface area (Å²) in [7, 11) is 1.77. The molecule has 1 fully saturated rings. The maximum absolute atomic E-state index is 12.0. The van der Waals surface area contributed by atoms with Crippen LogP contribution in [0.3, 0.4) is 0 Å². The molecule has 1 rings (SSSR count). The van der Waals surface area contributed by atoms with Crippen molar-refractivity contribution in [1.82, 2.24) is 4.90 Å². The zero-order chi connectivity index (χ0) is 11.5. The highest BCUT2D eigenvalue weighted by atomic mass is 19.4. The minimum atomic E-state index is -4.05. The minimum absolute atomic E-state index is 0.0880. The average Bonchev–Trinajstić information content (AvgIpc) is 2.60. The number of nitrogens with zero attached hydrogens (tertiary/aromatic N) is 1. The number of hydrogen-bond acceptors (Lipinski definition) is 2. The van der Waals surface area contributed by atoms with E-state index in [4.69, 9.17) is 5.73 Å². The fraction of sp³-hybridized carbons (Fsp3) is 1.00. The summed E-state index contributed by atoms with van der Waals surface area (Å²) in [6, 6.07) is 0.248. The van der Waals surface area contributed by atoms with E-state index in [-0.39, 0.29) is 12.6 Å². The second kappa shape index (κ2) is 5.16. The van der Waals surface area contributed by atoms with Gasteiger partial charge in [-0.3, -0.25) is 0 Å². The molecular formula is C10H19F3N2. The van der Waals surface area contributed by atoms with Crippen LogP contribution in [0.5, 0.6) is 0 Å². The maximum atomic E-state index is 12.0. The van der Waals surface area contributed by atoms with Crippen molar-refractivity contribution in [3.05, 3.63) is 0 Å². The van der Waals surface area contributed by atoms with E-state index in [1.54, 1.807) is 7.05 Å². The van der Waals surface area contributed by atoms with Gasteiger partial charge >= 0.3 is 6.18 Å². The summed E-state index contributed by atoms with van der Waals surface area (Å²) >= 11 is 0. The van der Waals surface area contributed by atoms with E-state index in [1.165, 1.54) is 0 Å². The van der Waals surface area contributed by atoms with Gasteiger partial charge in [0.15, 0.2) is 0 Å². The molecule has 0 radical (unpaired) electrons. The van der Waals surface area contributed by atoms with Crippen molar-refractivity contribution >= 4 is 0 Å². The van der Waals surface area contributed by atoms with Crippen LogP contribution in [0.2, 0.25) is 0 Å². The monoisotopic (exact) mass is 224 g/mol. The summed E-state index contributed by atoms with van der Waals surface area (Å²) < 4.78 is 36.1. The van der Waals surface area contributed by atoms with Crippen molar-refractivity contribution in [2.45, 2.75) is 37.9 Å². The van der Waals surface area contributed by atoms with Crippen LogP contribution in [-0.4, -0.2) is 37.3 Å². The molecule has 90 valence electrons. The maximum Gasteiger partial charge on any atom is 0.390 e. The number of halogens is 3. The summed E-state index contributed by atoms with van der Waals surface area (Å²) in [5.74, 6) is 0.378. The first-order valence-electron chi connectivity index (χ1n) is 5.41. The van der Waals surface area contributed by atoms with Crippen molar-refractivity contribution < 1.29 is 13.2 Å². The van der Waals surface area contributed by atoms with Crippen LogP contribution in [0.15, 0.2) is 0 Å². The molecule has 0 saturated heterocycles. The number of alkyl halides is 3. The second-order valence-corrected chi connectivity index (χ2v) is 4.34. The molecule has 0 aliphatic heterocycles. The quantitative estimate of drug-likeness (QED) is 0.791. The zero-order valence-electron chi connectivity index (χ0n) is 9.06. The second-order valence-electron chi connectivity index (χ2n) is 4.34. The van der Waals surface area contributed by atoms with Gasteiger partial charge in [-0.15, -0.1) is 0 Å². The molecule has 2 atom stereocenters. The summed E-state index contributed by atoms with van der Waals surface area (Å²) in [6.45, 7) is 0.672. The summed E-state index contributed by atoms with van der Waals surface area (Å²) in [4.78, 5) is 1.82. The number of nitrogens with two attached hydrogens (primary N) is 1. The van der Waals surface area contributed by atoms with Crippen molar-refractivity contribution in [3.63, 3.8) is 0 Å². The van der Waals surface area contributed by atoms with Crippen LogP contribution in [0.25, 0.3) is 0 Å². The van der Waals surface area contributed by atoms with E-state index in [0.717, 1.165) is 19.3 Å². The third-order valence-electron chi connectivity index (χ3n) is 3.24. The molecule has 0 aromatic rings. The fourth-order valence-corrected chi connectivity index (χ4v) is 2.34. The Kier molecular flexibility index (Phi) is 4.40. The molecule has 5 heteroatoms. The van der Waals surface area contributed by atoms with E-state index in [0.29, 0.717) is 12.5 Å². The Morgan fingerprint density at radius 1 is 1.33 bits per heavy atom. The normalized spacial score (nSPS) is 27.6. The minimum Gasteiger partial charge on any atom is -0.330 e. The highest BCUT2D eigenvalue weighted by Crippen LogP contribution is 2.29. The van der Waals surface area contributed by atoms with Crippen molar-refractivity contribution in [2.75, 3.05) is 20.1 Å². The van der Waals surface area contributed by atoms with Gasteiger partial charge in [-0.25, -0.2) is 0 Å². The van der Waals surface area contributed by atoms with E-state index < -0.39 is 12.6 Å². The summed E-state index contributed by atoms with van der Waals surface area (Å²) in [5, 5.41) is 0. The van der Waals surface area contributed by atoms with Crippen molar-refractivity contribution in [1.29, 1.82) is 0 Å². The van der Waals surface area contributed by atoms with E-state index >= 15 is 0 Å². The molecule has 2 nitrogen and oxygen atoms in total. The lowest BCUT2D eigenvalue weighted by Crippen LogP contribution is -2.39. The van der Waals surface area contributed by atoms with E-state index in [1.807, 2.05) is 4.90 Å². The highest BCUT2D eigenvalue weighted by molar-refractivity contribution is 4.84. The van der Waals surface area contributed by atoms with Gasteiger partial charge in [0.25, 0.3) is 0 Å². The molecule has 1 aliphatic carbocycles. The Balaban J connectivity index is 2.36. The molecule has 1 saturated carbocycles. The Bertz CT molecular complexity index is 194. The molecule has 0 spiro atoms. The van der Waals surface area contributed by atoms with Gasteiger partial charge in [-0.2, -0.15) is 13.2 Å². The predicted molar refractivity (Wildman–Crippen MR) is 53.5 cm³/mol. The van der Waals surface area contributed by atoms with Crippen LogP contribution in [0.1, 0.15) is 25.7 Å². The smallest absolute Gasteiger partial charge is 0.330 e. The van der Waals surface area contributed by atoms with Gasteiger partial charge in [-0.1, -0.05) is 6.42 Å². The van der Waals surface area contributed by atoms with Crippen LogP contribution in [0.4, 0.5) is 13.2 Å². The van der Waals surface area contributed by atoms with Crippen LogP contribution >= 0.6 is 0 Å². The lowest BCUT2D eigenvalue weighted by Gasteiger charge is -2.29. The predicted octanol–water partition coefficient (Wildman–Crippen LogP) is 2.00. The topological polar surface area (TPSA) is 29.3 Å². The van der Waals surface area contributed by atoms with Crippen LogP contribution < -0.4 is 5.73 Å². The van der Waals surface area contributed by atoms with Gasteiger partial charge in [0, 0.05) is 12.6 Å². The van der Waals surface area contributed by atoms with Gasteiger partial charge in [0.05, 0.1) is 6.42 Å². The molecule has 0 heterocycles. The van der Waals surface area contributed by atoms with Gasteiger partial charge in [-0.05, 0) is 32.4 Å². The lowest BCUT2D eigenvalue weighted by atomic mass is 10.0. The number of rotatable bonds is 4. The Morgan fingerprint density at radius 3 is 2.53 bits per heavy atom. The van der Waals surface area contributed by atoms with Gasteiger partial charge < -0.3 is 10.6 Å². The van der Waals surface area contributed by atoms with Crippen LogP contribution in [-0.2, 0) is 0 Å². The third-order valence-corrected chi connectivity index (χ3v) is 3.24. The zero-order valence-corrected chi connectivity index (χ0v) is 9.06. The molecule has 1 aliphatic rings. The summed E-state index contributed by atoms with van der Waals surface area (Å²) in [6.07, 6.45) is -1.65. The first kappa shape index (κ1) is 12.8. The SMILES string of the molecule is CN(CCC(F)(F)F)C1CCCC1CN. The molecule has 0 aromatic carbocycles. The van der Waals surface area contributed by atoms with Gasteiger partial charge in [0.1, 0.15) is 0 Å². The first-order chi connectivity index (χ1) is 6.94. The molecule has 0 amide bonds. The highest BCUT2D eigenvalue weighted by Gasteiger charge is 2.32. The Labute approximate surface area is 88.6 Å². The molecule has 0 aromatic heterocycles. The molecule has 2 unspecified atom stereocenters. The number of hydrogen-bond donors (Lipinski definition) is 1. The third kappa shape index (κ3) is 3.99. The molecule has 2 N–H and O–H groups in total.